The Kier molecular flexibility index (Phi) is 3.64. The summed E-state index contributed by atoms with van der Waals surface area (Å²) < 4.78 is 11.2. The van der Waals surface area contributed by atoms with Crippen LogP contribution in [0, 0.1) is 5.41 Å². The molecule has 0 atom stereocenters. The van der Waals surface area contributed by atoms with Gasteiger partial charge in [0, 0.05) is 11.0 Å². The molecular formula is C19H23NO3. The molecule has 0 unspecified atom stereocenters. The van der Waals surface area contributed by atoms with E-state index in [1.165, 1.54) is 0 Å². The van der Waals surface area contributed by atoms with Crippen LogP contribution in [0.15, 0.2) is 24.3 Å². The van der Waals surface area contributed by atoms with Crippen molar-refractivity contribution in [2.75, 3.05) is 33.4 Å². The van der Waals surface area contributed by atoms with Crippen molar-refractivity contribution in [2.45, 2.75) is 25.7 Å². The Bertz CT molecular complexity index is 643. The molecule has 23 heavy (non-hydrogen) atoms. The fourth-order valence-corrected chi connectivity index (χ4v) is 4.13. The molecule has 3 saturated heterocycles. The summed E-state index contributed by atoms with van der Waals surface area (Å²) in [6.07, 6.45) is 6.20. The quantitative estimate of drug-likeness (QED) is 0.801. The SMILES string of the molecule is COc1cccc2c1C(C(=O)OCC13CCN(CC1)CC3)=CC2. The fourth-order valence-electron chi connectivity index (χ4n) is 4.13. The summed E-state index contributed by atoms with van der Waals surface area (Å²) >= 11 is 0. The number of carbonyl (C=O) groups is 1. The van der Waals surface area contributed by atoms with Gasteiger partial charge in [-0.2, -0.15) is 0 Å². The Morgan fingerprint density at radius 1 is 1.22 bits per heavy atom. The molecule has 1 aromatic rings. The normalized spacial score (nSPS) is 28.2. The first-order valence-electron chi connectivity index (χ1n) is 8.47. The number of esters is 1. The molecule has 1 aliphatic carbocycles. The molecular weight excluding hydrogens is 290 g/mol. The van der Waals surface area contributed by atoms with Crippen LogP contribution in [0.3, 0.4) is 0 Å². The second-order valence-electron chi connectivity index (χ2n) is 6.98. The van der Waals surface area contributed by atoms with Crippen molar-refractivity contribution < 1.29 is 14.3 Å². The minimum Gasteiger partial charge on any atom is -0.496 e. The van der Waals surface area contributed by atoms with Gasteiger partial charge in [-0.05, 0) is 56.9 Å². The Balaban J connectivity index is 1.47. The summed E-state index contributed by atoms with van der Waals surface area (Å²) in [5.74, 6) is 0.558. The van der Waals surface area contributed by atoms with Gasteiger partial charge in [0.25, 0.3) is 0 Å². The standard InChI is InChI=1S/C19H23NO3/c1-22-16-4-2-3-14-5-6-15(17(14)16)18(21)23-13-19-7-10-20(11-8-19)12-9-19/h2-4,6H,5,7-13H2,1H3. The van der Waals surface area contributed by atoms with Crippen molar-refractivity contribution in [1.29, 1.82) is 0 Å². The van der Waals surface area contributed by atoms with Gasteiger partial charge in [0.05, 0.1) is 19.3 Å². The van der Waals surface area contributed by atoms with Gasteiger partial charge >= 0.3 is 5.97 Å². The summed E-state index contributed by atoms with van der Waals surface area (Å²) in [4.78, 5) is 15.1. The van der Waals surface area contributed by atoms with Crippen molar-refractivity contribution in [3.8, 4) is 5.75 Å². The Morgan fingerprint density at radius 3 is 2.65 bits per heavy atom. The maximum atomic E-state index is 12.6. The number of methoxy groups -OCH3 is 1. The number of hydrogen-bond acceptors (Lipinski definition) is 4. The molecule has 3 aliphatic heterocycles. The molecule has 122 valence electrons. The number of rotatable bonds is 4. The van der Waals surface area contributed by atoms with Crippen molar-refractivity contribution >= 4 is 11.5 Å². The van der Waals surface area contributed by atoms with Crippen molar-refractivity contribution in [3.05, 3.63) is 35.4 Å². The van der Waals surface area contributed by atoms with E-state index >= 15 is 0 Å². The molecule has 3 fully saturated rings. The third-order valence-electron chi connectivity index (χ3n) is 5.73. The zero-order chi connectivity index (χ0) is 15.9. The van der Waals surface area contributed by atoms with E-state index in [4.69, 9.17) is 9.47 Å². The minimum absolute atomic E-state index is 0.198. The van der Waals surface area contributed by atoms with Crippen LogP contribution in [0.25, 0.3) is 5.57 Å². The van der Waals surface area contributed by atoms with Crippen LogP contribution in [-0.4, -0.2) is 44.2 Å². The van der Waals surface area contributed by atoms with Gasteiger partial charge in [-0.1, -0.05) is 18.2 Å². The van der Waals surface area contributed by atoms with Crippen molar-refractivity contribution in [2.24, 2.45) is 5.41 Å². The molecule has 3 heterocycles. The lowest BCUT2D eigenvalue weighted by molar-refractivity contribution is -0.143. The number of fused-ring (bicyclic) bond motifs is 4. The lowest BCUT2D eigenvalue weighted by Crippen LogP contribution is -2.50. The van der Waals surface area contributed by atoms with Gasteiger partial charge in [0.15, 0.2) is 0 Å². The van der Waals surface area contributed by atoms with Crippen LogP contribution in [-0.2, 0) is 16.0 Å². The second kappa shape index (κ2) is 5.68. The summed E-state index contributed by atoms with van der Waals surface area (Å²) in [7, 11) is 1.64. The zero-order valence-electron chi connectivity index (χ0n) is 13.6. The molecule has 1 aromatic carbocycles. The first kappa shape index (κ1) is 14.8. The molecule has 5 rings (SSSR count). The van der Waals surface area contributed by atoms with E-state index in [0.29, 0.717) is 12.2 Å². The van der Waals surface area contributed by atoms with Gasteiger partial charge in [-0.25, -0.2) is 4.79 Å². The highest BCUT2D eigenvalue weighted by atomic mass is 16.5. The van der Waals surface area contributed by atoms with Gasteiger partial charge in [-0.3, -0.25) is 0 Å². The first-order valence-corrected chi connectivity index (χ1v) is 8.47. The number of piperidine rings is 3. The monoisotopic (exact) mass is 313 g/mol. The lowest BCUT2D eigenvalue weighted by atomic mass is 9.73. The molecule has 4 heteroatoms. The largest absolute Gasteiger partial charge is 0.496 e. The number of allylic oxidation sites excluding steroid dienone is 1. The van der Waals surface area contributed by atoms with Crippen LogP contribution < -0.4 is 4.74 Å². The van der Waals surface area contributed by atoms with E-state index in [1.54, 1.807) is 7.11 Å². The van der Waals surface area contributed by atoms with E-state index in [2.05, 4.69) is 4.90 Å². The molecule has 4 aliphatic rings. The zero-order valence-corrected chi connectivity index (χ0v) is 13.6. The molecule has 0 radical (unpaired) electrons. The van der Waals surface area contributed by atoms with E-state index in [1.807, 2.05) is 24.3 Å². The Morgan fingerprint density at radius 2 is 1.96 bits per heavy atom. The molecule has 0 spiro atoms. The van der Waals surface area contributed by atoms with Gasteiger partial charge in [0.1, 0.15) is 5.75 Å². The smallest absolute Gasteiger partial charge is 0.338 e. The summed E-state index contributed by atoms with van der Waals surface area (Å²) in [6.45, 7) is 4.01. The van der Waals surface area contributed by atoms with Gasteiger partial charge in [0.2, 0.25) is 0 Å². The number of carbonyl (C=O) groups excluding carboxylic acids is 1. The number of ether oxygens (including phenoxy) is 2. The third kappa shape index (κ3) is 2.55. The predicted octanol–water partition coefficient (Wildman–Crippen LogP) is 2.66. The molecule has 0 saturated carbocycles. The lowest BCUT2D eigenvalue weighted by Gasteiger charge is -2.47. The van der Waals surface area contributed by atoms with Gasteiger partial charge in [-0.15, -0.1) is 0 Å². The summed E-state index contributed by atoms with van der Waals surface area (Å²) in [6, 6.07) is 5.92. The highest BCUT2D eigenvalue weighted by Crippen LogP contribution is 2.41. The first-order chi connectivity index (χ1) is 11.2. The highest BCUT2D eigenvalue weighted by Gasteiger charge is 2.40. The van der Waals surface area contributed by atoms with Crippen LogP contribution >= 0.6 is 0 Å². The minimum atomic E-state index is -0.198. The van der Waals surface area contributed by atoms with Crippen molar-refractivity contribution in [3.63, 3.8) is 0 Å². The molecule has 2 bridgehead atoms. The Hall–Kier alpha value is -1.81. The molecule has 0 aromatic heterocycles. The summed E-state index contributed by atoms with van der Waals surface area (Å²) in [5, 5.41) is 0. The predicted molar refractivity (Wildman–Crippen MR) is 88.4 cm³/mol. The van der Waals surface area contributed by atoms with E-state index in [0.717, 1.165) is 62.2 Å². The molecule has 0 amide bonds. The maximum Gasteiger partial charge on any atom is 0.338 e. The fraction of sp³-hybridized carbons (Fsp3) is 0.526. The Labute approximate surface area is 137 Å². The van der Waals surface area contributed by atoms with Crippen LogP contribution in [0.2, 0.25) is 0 Å². The number of benzene rings is 1. The number of nitrogens with zero attached hydrogens (tertiary/aromatic N) is 1. The molecule has 4 nitrogen and oxygen atoms in total. The van der Waals surface area contributed by atoms with E-state index in [-0.39, 0.29) is 11.4 Å². The van der Waals surface area contributed by atoms with Crippen molar-refractivity contribution in [1.82, 2.24) is 4.90 Å². The topological polar surface area (TPSA) is 38.8 Å². The maximum absolute atomic E-state index is 12.6. The second-order valence-corrected chi connectivity index (χ2v) is 6.98. The summed E-state index contributed by atoms with van der Waals surface area (Å²) in [5.41, 5.74) is 2.94. The van der Waals surface area contributed by atoms with Crippen LogP contribution in [0.4, 0.5) is 0 Å². The van der Waals surface area contributed by atoms with E-state index < -0.39 is 0 Å². The molecule has 0 N–H and O–H groups in total. The van der Waals surface area contributed by atoms with E-state index in [9.17, 15) is 4.79 Å². The number of hydrogen-bond donors (Lipinski definition) is 0. The average Bonchev–Trinajstić information content (AvgIpc) is 3.05. The van der Waals surface area contributed by atoms with Crippen LogP contribution in [0.1, 0.15) is 30.4 Å². The third-order valence-corrected chi connectivity index (χ3v) is 5.73. The highest BCUT2D eigenvalue weighted by molar-refractivity contribution is 6.19. The average molecular weight is 313 g/mol. The van der Waals surface area contributed by atoms with Crippen LogP contribution in [0.5, 0.6) is 5.75 Å². The van der Waals surface area contributed by atoms with Gasteiger partial charge < -0.3 is 14.4 Å².